The molecule has 18 heavy (non-hydrogen) atoms. The first kappa shape index (κ1) is 14.7. The molecule has 1 aromatic rings. The van der Waals surface area contributed by atoms with Gasteiger partial charge in [-0.1, -0.05) is 6.92 Å². The zero-order valence-electron chi connectivity index (χ0n) is 10.9. The van der Waals surface area contributed by atoms with E-state index < -0.39 is 15.1 Å². The van der Waals surface area contributed by atoms with Crippen molar-refractivity contribution in [2.75, 3.05) is 0 Å². The predicted molar refractivity (Wildman–Crippen MR) is 69.8 cm³/mol. The number of nitrogens with zero attached hydrogens (tertiary/aromatic N) is 2. The van der Waals surface area contributed by atoms with Crippen LogP contribution in [0.1, 0.15) is 45.1 Å². The zero-order valence-corrected chi connectivity index (χ0v) is 11.7. The van der Waals surface area contributed by atoms with Crippen molar-refractivity contribution < 1.29 is 8.42 Å². The third-order valence-electron chi connectivity index (χ3n) is 2.99. The molecule has 0 spiro atoms. The van der Waals surface area contributed by atoms with Crippen molar-refractivity contribution in [1.82, 2.24) is 4.98 Å². The van der Waals surface area contributed by atoms with Crippen LogP contribution in [0.4, 0.5) is 0 Å². The highest BCUT2D eigenvalue weighted by atomic mass is 32.2. The molecule has 1 aromatic heterocycles. The summed E-state index contributed by atoms with van der Waals surface area (Å²) < 4.78 is 24.1. The molecule has 4 nitrogen and oxygen atoms in total. The lowest BCUT2D eigenvalue weighted by atomic mass is 9.95. The largest absolute Gasteiger partial charge is 0.263 e. The Balaban J connectivity index is 3.18. The Morgan fingerprint density at radius 2 is 2.06 bits per heavy atom. The summed E-state index contributed by atoms with van der Waals surface area (Å²) in [6.45, 7) is 5.27. The van der Waals surface area contributed by atoms with E-state index >= 15 is 0 Å². The smallest absolute Gasteiger partial charge is 0.182 e. The van der Waals surface area contributed by atoms with Crippen LogP contribution in [0.25, 0.3) is 0 Å². The fourth-order valence-electron chi connectivity index (χ4n) is 1.69. The molecule has 0 radical (unpaired) electrons. The van der Waals surface area contributed by atoms with Crippen molar-refractivity contribution in [2.24, 2.45) is 0 Å². The first-order valence-electron chi connectivity index (χ1n) is 5.99. The van der Waals surface area contributed by atoms with Crippen molar-refractivity contribution in [3.8, 4) is 6.07 Å². The molecule has 1 rings (SSSR count). The van der Waals surface area contributed by atoms with Gasteiger partial charge in [-0.05, 0) is 37.8 Å². The number of aromatic nitrogens is 1. The summed E-state index contributed by atoms with van der Waals surface area (Å²) in [5.41, 5.74) is 0.820. The van der Waals surface area contributed by atoms with Crippen LogP contribution in [0.2, 0.25) is 0 Å². The maximum Gasteiger partial charge on any atom is 0.182 e. The molecule has 5 heteroatoms. The number of hydrogen-bond donors (Lipinski definition) is 0. The molecule has 1 heterocycles. The van der Waals surface area contributed by atoms with Crippen LogP contribution in [0.15, 0.2) is 23.4 Å². The highest BCUT2D eigenvalue weighted by Gasteiger charge is 2.21. The van der Waals surface area contributed by atoms with E-state index in [4.69, 9.17) is 5.26 Å². The minimum atomic E-state index is -3.30. The third kappa shape index (κ3) is 3.08. The van der Waals surface area contributed by atoms with Gasteiger partial charge >= 0.3 is 0 Å². The molecule has 0 aromatic carbocycles. The second kappa shape index (κ2) is 5.96. The molecule has 0 amide bonds. The van der Waals surface area contributed by atoms with E-state index in [2.05, 4.69) is 11.1 Å². The van der Waals surface area contributed by atoms with Crippen LogP contribution in [0, 0.1) is 11.3 Å². The molecule has 0 fully saturated rings. The van der Waals surface area contributed by atoms with Crippen molar-refractivity contribution >= 4 is 9.84 Å². The van der Waals surface area contributed by atoms with Gasteiger partial charge in [-0.25, -0.2) is 8.42 Å². The Bertz CT molecular complexity index is 544. The Labute approximate surface area is 109 Å². The van der Waals surface area contributed by atoms with Crippen molar-refractivity contribution in [1.29, 1.82) is 5.26 Å². The third-order valence-corrected chi connectivity index (χ3v) is 5.11. The average Bonchev–Trinajstić information content (AvgIpc) is 2.35. The maximum absolute atomic E-state index is 12.0. The van der Waals surface area contributed by atoms with Gasteiger partial charge in [0.1, 0.15) is 0 Å². The molecule has 0 saturated carbocycles. The highest BCUT2D eigenvalue weighted by Crippen LogP contribution is 2.25. The monoisotopic (exact) mass is 266 g/mol. The molecule has 0 aliphatic rings. The zero-order chi connectivity index (χ0) is 13.8. The summed E-state index contributed by atoms with van der Waals surface area (Å²) in [4.78, 5) is 4.24. The van der Waals surface area contributed by atoms with E-state index in [1.807, 2.05) is 6.92 Å². The first-order valence-corrected chi connectivity index (χ1v) is 7.53. The van der Waals surface area contributed by atoms with Gasteiger partial charge in [-0.15, -0.1) is 0 Å². The number of sulfone groups is 1. The van der Waals surface area contributed by atoms with E-state index in [0.29, 0.717) is 6.42 Å². The van der Waals surface area contributed by atoms with Crippen LogP contribution in [0.5, 0.6) is 0 Å². The van der Waals surface area contributed by atoms with Crippen molar-refractivity contribution in [3.63, 3.8) is 0 Å². The standard InChI is InChI=1S/C13H18N2O2S/c1-4-11(5-6-14)12-7-13(9-15-8-12)18(16,17)10(2)3/h7-11H,4-5H2,1-3H3. The molecule has 0 saturated heterocycles. The molecule has 0 aliphatic heterocycles. The second-order valence-corrected chi connectivity index (χ2v) is 7.02. The molecule has 1 unspecified atom stereocenters. The fraction of sp³-hybridized carbons (Fsp3) is 0.538. The molecule has 98 valence electrons. The highest BCUT2D eigenvalue weighted by molar-refractivity contribution is 7.92. The summed E-state index contributed by atoms with van der Waals surface area (Å²) in [6.07, 6.45) is 4.19. The number of pyridine rings is 1. The van der Waals surface area contributed by atoms with E-state index in [-0.39, 0.29) is 10.8 Å². The first-order chi connectivity index (χ1) is 8.43. The quantitative estimate of drug-likeness (QED) is 0.821. The molecule has 0 N–H and O–H groups in total. The lowest BCUT2D eigenvalue weighted by Crippen LogP contribution is -2.14. The van der Waals surface area contributed by atoms with Crippen LogP contribution >= 0.6 is 0 Å². The lowest BCUT2D eigenvalue weighted by Gasteiger charge is -2.13. The lowest BCUT2D eigenvalue weighted by molar-refractivity contribution is 0.586. The summed E-state index contributed by atoms with van der Waals surface area (Å²) >= 11 is 0. The van der Waals surface area contributed by atoms with Gasteiger partial charge in [-0.3, -0.25) is 4.98 Å². The normalized spacial score (nSPS) is 13.3. The Kier molecular flexibility index (Phi) is 4.85. The minimum absolute atomic E-state index is 0.0461. The topological polar surface area (TPSA) is 70.8 Å². The SMILES string of the molecule is CCC(CC#N)c1cncc(S(=O)(=O)C(C)C)c1. The van der Waals surface area contributed by atoms with E-state index in [1.165, 1.54) is 6.20 Å². The van der Waals surface area contributed by atoms with Gasteiger partial charge in [-0.2, -0.15) is 5.26 Å². The predicted octanol–water partition coefficient (Wildman–Crippen LogP) is 2.67. The number of hydrogen-bond acceptors (Lipinski definition) is 4. The van der Waals surface area contributed by atoms with Gasteiger partial charge in [0.05, 0.1) is 16.2 Å². The van der Waals surface area contributed by atoms with E-state index in [9.17, 15) is 8.42 Å². The van der Waals surface area contributed by atoms with Gasteiger partial charge in [0.15, 0.2) is 9.84 Å². The Morgan fingerprint density at radius 3 is 2.56 bits per heavy atom. The van der Waals surface area contributed by atoms with Gasteiger partial charge in [0.25, 0.3) is 0 Å². The second-order valence-electron chi connectivity index (χ2n) is 4.52. The summed E-state index contributed by atoms with van der Waals surface area (Å²) in [5.74, 6) is 0.0461. The Morgan fingerprint density at radius 1 is 1.39 bits per heavy atom. The average molecular weight is 266 g/mol. The van der Waals surface area contributed by atoms with E-state index in [1.54, 1.807) is 26.1 Å². The minimum Gasteiger partial charge on any atom is -0.263 e. The molecule has 0 bridgehead atoms. The van der Waals surface area contributed by atoms with E-state index in [0.717, 1.165) is 12.0 Å². The molecule has 0 aliphatic carbocycles. The fourth-order valence-corrected chi connectivity index (χ4v) is 2.75. The van der Waals surface area contributed by atoms with Gasteiger partial charge in [0, 0.05) is 18.8 Å². The van der Waals surface area contributed by atoms with Crippen molar-refractivity contribution in [2.45, 2.75) is 49.7 Å². The van der Waals surface area contributed by atoms with Crippen LogP contribution in [-0.4, -0.2) is 18.7 Å². The van der Waals surface area contributed by atoms with Crippen LogP contribution < -0.4 is 0 Å². The molecular formula is C13H18N2O2S. The summed E-state index contributed by atoms with van der Waals surface area (Å²) in [5, 5.41) is 8.29. The molecule has 1 atom stereocenters. The van der Waals surface area contributed by atoms with Gasteiger partial charge < -0.3 is 0 Å². The van der Waals surface area contributed by atoms with Crippen LogP contribution in [-0.2, 0) is 9.84 Å². The molecular weight excluding hydrogens is 248 g/mol. The summed E-state index contributed by atoms with van der Waals surface area (Å²) in [6, 6.07) is 3.77. The van der Waals surface area contributed by atoms with Gasteiger partial charge in [0.2, 0.25) is 0 Å². The summed E-state index contributed by atoms with van der Waals surface area (Å²) in [7, 11) is -3.30. The maximum atomic E-state index is 12.0. The number of nitriles is 1. The van der Waals surface area contributed by atoms with Crippen LogP contribution in [0.3, 0.4) is 0 Å². The van der Waals surface area contributed by atoms with Crippen molar-refractivity contribution in [3.05, 3.63) is 24.0 Å². The Hall–Kier alpha value is -1.41. The number of rotatable bonds is 5.